The Bertz CT molecular complexity index is 564. The van der Waals surface area contributed by atoms with Gasteiger partial charge in [-0.2, -0.15) is 0 Å². The molecule has 0 aliphatic rings. The molecule has 0 amide bonds. The van der Waals surface area contributed by atoms with Crippen molar-refractivity contribution in [2.75, 3.05) is 17.6 Å². The Hall–Kier alpha value is -1.45. The van der Waals surface area contributed by atoms with Gasteiger partial charge in [0, 0.05) is 12.2 Å². The maximum absolute atomic E-state index is 13.0. The molecule has 0 saturated carbocycles. The van der Waals surface area contributed by atoms with E-state index in [1.165, 1.54) is 12.1 Å². The van der Waals surface area contributed by atoms with Gasteiger partial charge in [0.2, 0.25) is 0 Å². The molecule has 0 radical (unpaired) electrons. The number of rotatable bonds is 4. The third kappa shape index (κ3) is 3.75. The summed E-state index contributed by atoms with van der Waals surface area (Å²) in [6.07, 6.45) is 0.675. The largest absolute Gasteiger partial charge is 0.399 e. The zero-order valence-corrected chi connectivity index (χ0v) is 11.6. The van der Waals surface area contributed by atoms with Crippen LogP contribution in [0.3, 0.4) is 0 Å². The fraction of sp³-hybridized carbons (Fsp3) is 0.143. The van der Waals surface area contributed by atoms with Gasteiger partial charge < -0.3 is 11.1 Å². The standard InChI is InChI=1S/C14H13Cl2FN2/c15-12-7-11(18)8-13(16)14(12)19-5-4-9-2-1-3-10(17)6-9/h1-3,6-8,19H,4-5,18H2. The molecule has 2 aromatic carbocycles. The molecular formula is C14H13Cl2FN2. The number of nitrogens with one attached hydrogen (secondary N) is 1. The van der Waals surface area contributed by atoms with Crippen LogP contribution in [0.1, 0.15) is 5.56 Å². The first-order valence-corrected chi connectivity index (χ1v) is 6.54. The minimum absolute atomic E-state index is 0.235. The van der Waals surface area contributed by atoms with Crippen LogP contribution in [0.5, 0.6) is 0 Å². The predicted octanol–water partition coefficient (Wildman–Crippen LogP) is 4.37. The number of hydrogen-bond donors (Lipinski definition) is 2. The van der Waals surface area contributed by atoms with Gasteiger partial charge in [0.05, 0.1) is 15.7 Å². The van der Waals surface area contributed by atoms with Crippen molar-refractivity contribution in [2.45, 2.75) is 6.42 Å². The molecule has 0 spiro atoms. The van der Waals surface area contributed by atoms with E-state index < -0.39 is 0 Å². The summed E-state index contributed by atoms with van der Waals surface area (Å²) >= 11 is 12.1. The molecule has 0 bridgehead atoms. The van der Waals surface area contributed by atoms with E-state index in [1.807, 2.05) is 6.07 Å². The summed E-state index contributed by atoms with van der Waals surface area (Å²) in [6, 6.07) is 9.76. The van der Waals surface area contributed by atoms with Gasteiger partial charge in [0.15, 0.2) is 0 Å². The molecule has 2 aromatic rings. The van der Waals surface area contributed by atoms with E-state index in [0.29, 0.717) is 34.4 Å². The first kappa shape index (κ1) is 14.0. The average Bonchev–Trinajstić information content (AvgIpc) is 2.32. The molecule has 3 N–H and O–H groups in total. The van der Waals surface area contributed by atoms with E-state index in [-0.39, 0.29) is 5.82 Å². The summed E-state index contributed by atoms with van der Waals surface area (Å²) in [6.45, 7) is 0.604. The molecule has 0 aliphatic carbocycles. The molecule has 2 nitrogen and oxygen atoms in total. The second-order valence-electron chi connectivity index (χ2n) is 4.17. The van der Waals surface area contributed by atoms with Crippen LogP contribution < -0.4 is 11.1 Å². The number of nitrogen functional groups attached to an aromatic ring is 1. The Morgan fingerprint density at radius 2 is 1.79 bits per heavy atom. The van der Waals surface area contributed by atoms with Gasteiger partial charge in [0.25, 0.3) is 0 Å². The van der Waals surface area contributed by atoms with Crippen molar-refractivity contribution in [3.05, 3.63) is 57.8 Å². The minimum Gasteiger partial charge on any atom is -0.399 e. The zero-order chi connectivity index (χ0) is 13.8. The topological polar surface area (TPSA) is 38.0 Å². The molecule has 0 saturated heterocycles. The van der Waals surface area contributed by atoms with Crippen molar-refractivity contribution in [2.24, 2.45) is 0 Å². The second kappa shape index (κ2) is 6.13. The summed E-state index contributed by atoms with van der Waals surface area (Å²) in [5.74, 6) is -0.235. The number of hydrogen-bond acceptors (Lipinski definition) is 2. The molecule has 0 heterocycles. The van der Waals surface area contributed by atoms with E-state index >= 15 is 0 Å². The van der Waals surface area contributed by atoms with E-state index in [2.05, 4.69) is 5.32 Å². The van der Waals surface area contributed by atoms with E-state index in [0.717, 1.165) is 5.56 Å². The van der Waals surface area contributed by atoms with Gasteiger partial charge >= 0.3 is 0 Å². The van der Waals surface area contributed by atoms with Crippen molar-refractivity contribution in [1.82, 2.24) is 0 Å². The fourth-order valence-electron chi connectivity index (χ4n) is 1.79. The molecule has 5 heteroatoms. The quantitative estimate of drug-likeness (QED) is 0.823. The average molecular weight is 299 g/mol. The van der Waals surface area contributed by atoms with Crippen LogP contribution in [-0.4, -0.2) is 6.54 Å². The van der Waals surface area contributed by atoms with Gasteiger partial charge in [-0.25, -0.2) is 4.39 Å². The van der Waals surface area contributed by atoms with Crippen LogP contribution in [0, 0.1) is 5.82 Å². The molecule has 0 atom stereocenters. The molecule has 19 heavy (non-hydrogen) atoms. The molecule has 0 aliphatic heterocycles. The molecule has 0 unspecified atom stereocenters. The minimum atomic E-state index is -0.235. The maximum Gasteiger partial charge on any atom is 0.123 e. The third-order valence-electron chi connectivity index (χ3n) is 2.67. The lowest BCUT2D eigenvalue weighted by Crippen LogP contribution is -2.06. The van der Waals surface area contributed by atoms with Gasteiger partial charge in [-0.1, -0.05) is 35.3 Å². The van der Waals surface area contributed by atoms with Crippen molar-refractivity contribution < 1.29 is 4.39 Å². The van der Waals surface area contributed by atoms with E-state index in [9.17, 15) is 4.39 Å². The summed E-state index contributed by atoms with van der Waals surface area (Å²) < 4.78 is 13.0. The van der Waals surface area contributed by atoms with Gasteiger partial charge in [-0.05, 0) is 36.2 Å². The summed E-state index contributed by atoms with van der Waals surface area (Å²) in [5.41, 5.74) is 7.70. The number of benzene rings is 2. The molecular weight excluding hydrogens is 286 g/mol. The van der Waals surface area contributed by atoms with Crippen LogP contribution in [-0.2, 0) is 6.42 Å². The first-order valence-electron chi connectivity index (χ1n) is 5.79. The number of halogens is 3. The SMILES string of the molecule is Nc1cc(Cl)c(NCCc2cccc(F)c2)c(Cl)c1. The Balaban J connectivity index is 2.00. The Labute approximate surface area is 121 Å². The van der Waals surface area contributed by atoms with Crippen molar-refractivity contribution in [1.29, 1.82) is 0 Å². The van der Waals surface area contributed by atoms with Gasteiger partial charge in [0.1, 0.15) is 5.82 Å². The monoisotopic (exact) mass is 298 g/mol. The van der Waals surface area contributed by atoms with Crippen molar-refractivity contribution in [3.8, 4) is 0 Å². The van der Waals surface area contributed by atoms with E-state index in [4.69, 9.17) is 28.9 Å². The van der Waals surface area contributed by atoms with Crippen molar-refractivity contribution in [3.63, 3.8) is 0 Å². The van der Waals surface area contributed by atoms with Crippen LogP contribution in [0.25, 0.3) is 0 Å². The Morgan fingerprint density at radius 1 is 1.11 bits per heavy atom. The zero-order valence-electron chi connectivity index (χ0n) is 10.1. The summed E-state index contributed by atoms with van der Waals surface area (Å²) in [7, 11) is 0. The number of anilines is 2. The van der Waals surface area contributed by atoms with Crippen LogP contribution in [0.4, 0.5) is 15.8 Å². The highest BCUT2D eigenvalue weighted by molar-refractivity contribution is 6.39. The Morgan fingerprint density at radius 3 is 2.42 bits per heavy atom. The van der Waals surface area contributed by atoms with Crippen LogP contribution in [0.2, 0.25) is 10.0 Å². The summed E-state index contributed by atoms with van der Waals surface area (Å²) in [5, 5.41) is 4.09. The molecule has 100 valence electrons. The van der Waals surface area contributed by atoms with Crippen molar-refractivity contribution >= 4 is 34.6 Å². The predicted molar refractivity (Wildman–Crippen MR) is 79.5 cm³/mol. The molecule has 0 fully saturated rings. The maximum atomic E-state index is 13.0. The highest BCUT2D eigenvalue weighted by Crippen LogP contribution is 2.32. The molecule has 0 aromatic heterocycles. The third-order valence-corrected chi connectivity index (χ3v) is 3.27. The fourth-order valence-corrected chi connectivity index (χ4v) is 2.42. The van der Waals surface area contributed by atoms with Crippen LogP contribution >= 0.6 is 23.2 Å². The lowest BCUT2D eigenvalue weighted by Gasteiger charge is -2.11. The van der Waals surface area contributed by atoms with E-state index in [1.54, 1.807) is 18.2 Å². The first-order chi connectivity index (χ1) is 9.06. The summed E-state index contributed by atoms with van der Waals surface area (Å²) in [4.78, 5) is 0. The Kier molecular flexibility index (Phi) is 4.51. The number of nitrogens with two attached hydrogens (primary N) is 1. The second-order valence-corrected chi connectivity index (χ2v) is 4.98. The lowest BCUT2D eigenvalue weighted by atomic mass is 10.1. The highest BCUT2D eigenvalue weighted by Gasteiger charge is 2.06. The van der Waals surface area contributed by atoms with Crippen LogP contribution in [0.15, 0.2) is 36.4 Å². The lowest BCUT2D eigenvalue weighted by molar-refractivity contribution is 0.625. The van der Waals surface area contributed by atoms with Gasteiger partial charge in [-0.15, -0.1) is 0 Å². The smallest absolute Gasteiger partial charge is 0.123 e. The highest BCUT2D eigenvalue weighted by atomic mass is 35.5. The normalized spacial score (nSPS) is 10.5. The molecule has 2 rings (SSSR count). The van der Waals surface area contributed by atoms with Gasteiger partial charge in [-0.3, -0.25) is 0 Å².